The Balaban J connectivity index is 1.75. The number of carbonyl (C=O) groups is 3. The molecule has 7 nitrogen and oxygen atoms in total. The molecule has 1 N–H and O–H groups in total. The molecule has 0 radical (unpaired) electrons. The summed E-state index contributed by atoms with van der Waals surface area (Å²) in [7, 11) is 0. The molecular weight excluding hydrogens is 367 g/mol. The van der Waals surface area contributed by atoms with Gasteiger partial charge in [0.1, 0.15) is 23.9 Å². The number of nitrogens with one attached hydrogen (secondary N) is 1. The van der Waals surface area contributed by atoms with Crippen LogP contribution in [0.4, 0.5) is 10.1 Å². The SMILES string of the molecule is CCNC(=O)CN1C(=O)COc2ccc(C(=O)COc3ccc(F)cc3)cc21. The molecule has 0 aliphatic carbocycles. The summed E-state index contributed by atoms with van der Waals surface area (Å²) >= 11 is 0. The number of likely N-dealkylation sites (N-methyl/N-ethyl adjacent to an activating group) is 1. The molecule has 8 heteroatoms. The number of halogens is 1. The molecular formula is C20H19FN2O5. The summed E-state index contributed by atoms with van der Waals surface area (Å²) in [5, 5.41) is 2.64. The van der Waals surface area contributed by atoms with Gasteiger partial charge in [-0.3, -0.25) is 19.3 Å². The second-order valence-corrected chi connectivity index (χ2v) is 6.07. The minimum Gasteiger partial charge on any atom is -0.485 e. The van der Waals surface area contributed by atoms with Gasteiger partial charge < -0.3 is 14.8 Å². The van der Waals surface area contributed by atoms with Crippen molar-refractivity contribution in [2.45, 2.75) is 6.92 Å². The Labute approximate surface area is 161 Å². The number of hydrogen-bond acceptors (Lipinski definition) is 5. The van der Waals surface area contributed by atoms with Crippen molar-refractivity contribution in [3.8, 4) is 11.5 Å². The van der Waals surface area contributed by atoms with Gasteiger partial charge in [0.05, 0.1) is 5.69 Å². The summed E-state index contributed by atoms with van der Waals surface area (Å²) in [4.78, 5) is 37.9. The lowest BCUT2D eigenvalue weighted by atomic mass is 10.1. The summed E-state index contributed by atoms with van der Waals surface area (Å²) in [5.41, 5.74) is 0.662. The van der Waals surface area contributed by atoms with Crippen LogP contribution in [0, 0.1) is 5.82 Å². The average molecular weight is 386 g/mol. The van der Waals surface area contributed by atoms with Crippen molar-refractivity contribution in [1.29, 1.82) is 0 Å². The molecule has 1 aliphatic heterocycles. The molecule has 2 amide bonds. The van der Waals surface area contributed by atoms with E-state index in [9.17, 15) is 18.8 Å². The molecule has 1 aliphatic rings. The summed E-state index contributed by atoms with van der Waals surface area (Å²) < 4.78 is 23.7. The van der Waals surface area contributed by atoms with E-state index in [1.807, 2.05) is 0 Å². The molecule has 0 aromatic heterocycles. The van der Waals surface area contributed by atoms with Crippen LogP contribution in [0.1, 0.15) is 17.3 Å². The van der Waals surface area contributed by atoms with Gasteiger partial charge in [0.15, 0.2) is 19.0 Å². The molecule has 0 fully saturated rings. The van der Waals surface area contributed by atoms with Crippen molar-refractivity contribution in [2.24, 2.45) is 0 Å². The highest BCUT2D eigenvalue weighted by molar-refractivity contribution is 6.04. The Kier molecular flexibility index (Phi) is 5.88. The molecule has 0 saturated heterocycles. The van der Waals surface area contributed by atoms with Crippen LogP contribution >= 0.6 is 0 Å². The van der Waals surface area contributed by atoms with Gasteiger partial charge in [0, 0.05) is 12.1 Å². The monoisotopic (exact) mass is 386 g/mol. The fourth-order valence-corrected chi connectivity index (χ4v) is 2.71. The van der Waals surface area contributed by atoms with Crippen LogP contribution in [0.3, 0.4) is 0 Å². The first kappa shape index (κ1) is 19.3. The van der Waals surface area contributed by atoms with E-state index in [0.717, 1.165) is 0 Å². The lowest BCUT2D eigenvalue weighted by Crippen LogP contribution is -2.45. The van der Waals surface area contributed by atoms with Crippen molar-refractivity contribution in [2.75, 3.05) is 31.2 Å². The molecule has 0 bridgehead atoms. The number of nitrogens with zero attached hydrogens (tertiary/aromatic N) is 1. The number of carbonyl (C=O) groups excluding carboxylic acids is 3. The normalized spacial score (nSPS) is 12.8. The Morgan fingerprint density at radius 2 is 1.96 bits per heavy atom. The number of hydrogen-bond donors (Lipinski definition) is 1. The van der Waals surface area contributed by atoms with E-state index < -0.39 is 5.82 Å². The second kappa shape index (κ2) is 8.51. The summed E-state index contributed by atoms with van der Waals surface area (Å²) in [6.07, 6.45) is 0. The third-order valence-corrected chi connectivity index (χ3v) is 4.08. The minimum absolute atomic E-state index is 0.160. The van der Waals surface area contributed by atoms with Crippen molar-refractivity contribution < 1.29 is 28.2 Å². The van der Waals surface area contributed by atoms with Crippen molar-refractivity contribution in [3.63, 3.8) is 0 Å². The predicted octanol–water partition coefficient (Wildman–Crippen LogP) is 1.95. The summed E-state index contributed by atoms with van der Waals surface area (Å²) in [5.74, 6) is -0.622. The van der Waals surface area contributed by atoms with Crippen molar-refractivity contribution in [1.82, 2.24) is 5.32 Å². The Hall–Kier alpha value is -3.42. The quantitative estimate of drug-likeness (QED) is 0.736. The maximum atomic E-state index is 12.9. The molecule has 0 saturated carbocycles. The van der Waals surface area contributed by atoms with E-state index >= 15 is 0 Å². The van der Waals surface area contributed by atoms with Crippen LogP contribution < -0.4 is 19.7 Å². The zero-order valence-electron chi connectivity index (χ0n) is 15.2. The van der Waals surface area contributed by atoms with Gasteiger partial charge in [-0.2, -0.15) is 0 Å². The van der Waals surface area contributed by atoms with Crippen molar-refractivity contribution >= 4 is 23.3 Å². The van der Waals surface area contributed by atoms with E-state index in [0.29, 0.717) is 29.3 Å². The lowest BCUT2D eigenvalue weighted by molar-refractivity contribution is -0.125. The number of amides is 2. The Morgan fingerprint density at radius 3 is 2.68 bits per heavy atom. The molecule has 2 aromatic carbocycles. The van der Waals surface area contributed by atoms with E-state index in [-0.39, 0.29) is 37.4 Å². The maximum Gasteiger partial charge on any atom is 0.265 e. The topological polar surface area (TPSA) is 84.9 Å². The smallest absolute Gasteiger partial charge is 0.265 e. The van der Waals surface area contributed by atoms with Gasteiger partial charge in [0.2, 0.25) is 5.91 Å². The summed E-state index contributed by atoms with van der Waals surface area (Å²) in [6.45, 7) is 1.64. The van der Waals surface area contributed by atoms with Crippen LogP contribution in [0.25, 0.3) is 0 Å². The second-order valence-electron chi connectivity index (χ2n) is 6.07. The fourth-order valence-electron chi connectivity index (χ4n) is 2.71. The van der Waals surface area contributed by atoms with Crippen LogP contribution in [0.2, 0.25) is 0 Å². The molecule has 3 rings (SSSR count). The zero-order valence-corrected chi connectivity index (χ0v) is 15.2. The number of fused-ring (bicyclic) bond motifs is 1. The number of Topliss-reactive ketones (excluding diaryl/α,β-unsaturated/α-hetero) is 1. The molecule has 0 atom stereocenters. The van der Waals surface area contributed by atoms with E-state index in [4.69, 9.17) is 9.47 Å². The van der Waals surface area contributed by atoms with E-state index in [1.54, 1.807) is 19.1 Å². The molecule has 0 spiro atoms. The molecule has 0 unspecified atom stereocenters. The number of ketones is 1. The first-order valence-corrected chi connectivity index (χ1v) is 8.73. The fraction of sp³-hybridized carbons (Fsp3) is 0.250. The molecule has 146 valence electrons. The highest BCUT2D eigenvalue weighted by atomic mass is 19.1. The van der Waals surface area contributed by atoms with Crippen LogP contribution in [0.5, 0.6) is 11.5 Å². The minimum atomic E-state index is -0.398. The Morgan fingerprint density at radius 1 is 1.21 bits per heavy atom. The first-order valence-electron chi connectivity index (χ1n) is 8.73. The zero-order chi connectivity index (χ0) is 20.1. The number of rotatable bonds is 7. The van der Waals surface area contributed by atoms with E-state index in [2.05, 4.69) is 5.32 Å². The Bertz CT molecular complexity index is 898. The first-order chi connectivity index (χ1) is 13.5. The molecule has 28 heavy (non-hydrogen) atoms. The predicted molar refractivity (Wildman–Crippen MR) is 99.2 cm³/mol. The highest BCUT2D eigenvalue weighted by Gasteiger charge is 2.28. The molecule has 2 aromatic rings. The number of benzene rings is 2. The van der Waals surface area contributed by atoms with Gasteiger partial charge in [-0.15, -0.1) is 0 Å². The van der Waals surface area contributed by atoms with Gasteiger partial charge in [0.25, 0.3) is 5.91 Å². The van der Waals surface area contributed by atoms with Gasteiger partial charge >= 0.3 is 0 Å². The van der Waals surface area contributed by atoms with E-state index in [1.165, 1.54) is 35.2 Å². The third kappa shape index (κ3) is 4.46. The van der Waals surface area contributed by atoms with Gasteiger partial charge in [-0.05, 0) is 49.4 Å². The lowest BCUT2D eigenvalue weighted by Gasteiger charge is -2.29. The van der Waals surface area contributed by atoms with Gasteiger partial charge in [-0.1, -0.05) is 0 Å². The number of anilines is 1. The third-order valence-electron chi connectivity index (χ3n) is 4.08. The van der Waals surface area contributed by atoms with Crippen molar-refractivity contribution in [3.05, 3.63) is 53.8 Å². The van der Waals surface area contributed by atoms with Crippen LogP contribution in [-0.4, -0.2) is 43.9 Å². The standard InChI is InChI=1S/C20H19FN2O5/c1-2-22-19(25)10-23-16-9-13(3-8-18(16)28-12-20(23)26)17(24)11-27-15-6-4-14(21)5-7-15/h3-9H,2,10-12H2,1H3,(H,22,25). The highest BCUT2D eigenvalue weighted by Crippen LogP contribution is 2.33. The molecule has 1 heterocycles. The largest absolute Gasteiger partial charge is 0.485 e. The van der Waals surface area contributed by atoms with Gasteiger partial charge in [-0.25, -0.2) is 4.39 Å². The summed E-state index contributed by atoms with van der Waals surface area (Å²) in [6, 6.07) is 9.97. The van der Waals surface area contributed by atoms with Crippen LogP contribution in [-0.2, 0) is 9.59 Å². The number of ether oxygens (including phenoxy) is 2. The average Bonchev–Trinajstić information content (AvgIpc) is 2.69. The maximum absolute atomic E-state index is 12.9. The van der Waals surface area contributed by atoms with Crippen LogP contribution in [0.15, 0.2) is 42.5 Å².